The SMILES string of the molecule is NC(=O)c1noc(-c2ccc(F)cc2)n1. The zero-order valence-corrected chi connectivity index (χ0v) is 7.48. The number of hydrogen-bond donors (Lipinski definition) is 1. The highest BCUT2D eigenvalue weighted by atomic mass is 19.1. The predicted octanol–water partition coefficient (Wildman–Crippen LogP) is 0.975. The van der Waals surface area contributed by atoms with E-state index in [4.69, 9.17) is 10.3 Å². The molecule has 0 radical (unpaired) electrons. The van der Waals surface area contributed by atoms with Crippen LogP contribution in [0.1, 0.15) is 10.6 Å². The van der Waals surface area contributed by atoms with Crippen LogP contribution in [0.4, 0.5) is 4.39 Å². The van der Waals surface area contributed by atoms with Crippen LogP contribution >= 0.6 is 0 Å². The molecular formula is C9H6FN3O2. The van der Waals surface area contributed by atoms with Gasteiger partial charge in [0, 0.05) is 5.56 Å². The number of hydrogen-bond acceptors (Lipinski definition) is 4. The molecular weight excluding hydrogens is 201 g/mol. The van der Waals surface area contributed by atoms with E-state index in [2.05, 4.69) is 10.1 Å². The first-order chi connectivity index (χ1) is 7.16. The summed E-state index contributed by atoms with van der Waals surface area (Å²) in [7, 11) is 0. The number of nitrogens with zero attached hydrogens (tertiary/aromatic N) is 2. The maximum Gasteiger partial charge on any atom is 0.290 e. The van der Waals surface area contributed by atoms with Gasteiger partial charge < -0.3 is 10.3 Å². The van der Waals surface area contributed by atoms with Crippen molar-refractivity contribution in [2.45, 2.75) is 0 Å². The van der Waals surface area contributed by atoms with E-state index in [1.165, 1.54) is 24.3 Å². The summed E-state index contributed by atoms with van der Waals surface area (Å²) < 4.78 is 17.4. The quantitative estimate of drug-likeness (QED) is 0.795. The normalized spacial score (nSPS) is 10.2. The Morgan fingerprint density at radius 1 is 1.33 bits per heavy atom. The van der Waals surface area contributed by atoms with Crippen LogP contribution in [0.5, 0.6) is 0 Å². The molecule has 0 spiro atoms. The predicted molar refractivity (Wildman–Crippen MR) is 48.2 cm³/mol. The first-order valence-corrected chi connectivity index (χ1v) is 4.06. The van der Waals surface area contributed by atoms with Crippen molar-refractivity contribution >= 4 is 5.91 Å². The summed E-state index contributed by atoms with van der Waals surface area (Å²) in [4.78, 5) is 14.4. The van der Waals surface area contributed by atoms with Gasteiger partial charge in [-0.1, -0.05) is 5.16 Å². The number of halogens is 1. The molecule has 2 N–H and O–H groups in total. The van der Waals surface area contributed by atoms with Gasteiger partial charge in [0.1, 0.15) is 5.82 Å². The molecule has 5 nitrogen and oxygen atoms in total. The Balaban J connectivity index is 2.37. The maximum absolute atomic E-state index is 12.6. The highest BCUT2D eigenvalue weighted by molar-refractivity contribution is 5.88. The zero-order chi connectivity index (χ0) is 10.8. The number of carbonyl (C=O) groups excluding carboxylic acids is 1. The van der Waals surface area contributed by atoms with E-state index >= 15 is 0 Å². The topological polar surface area (TPSA) is 82.0 Å². The highest BCUT2D eigenvalue weighted by Crippen LogP contribution is 2.16. The molecule has 15 heavy (non-hydrogen) atoms. The Bertz CT molecular complexity index is 492. The summed E-state index contributed by atoms with van der Waals surface area (Å²) in [5.41, 5.74) is 5.47. The van der Waals surface area contributed by atoms with Gasteiger partial charge in [-0.15, -0.1) is 0 Å². The number of carbonyl (C=O) groups is 1. The fourth-order valence-electron chi connectivity index (χ4n) is 1.03. The monoisotopic (exact) mass is 207 g/mol. The lowest BCUT2D eigenvalue weighted by Crippen LogP contribution is -2.12. The Morgan fingerprint density at radius 3 is 2.53 bits per heavy atom. The minimum atomic E-state index is -0.771. The van der Waals surface area contributed by atoms with E-state index in [1.807, 2.05) is 0 Å². The molecule has 6 heteroatoms. The smallest absolute Gasteiger partial charge is 0.290 e. The molecule has 0 aliphatic carbocycles. The number of rotatable bonds is 2. The Labute approximate surface area is 83.7 Å². The van der Waals surface area contributed by atoms with Gasteiger partial charge in [-0.25, -0.2) is 4.39 Å². The molecule has 1 aromatic heterocycles. The number of aromatic nitrogens is 2. The molecule has 0 bridgehead atoms. The third-order valence-corrected chi connectivity index (χ3v) is 1.74. The second-order valence-electron chi connectivity index (χ2n) is 2.79. The van der Waals surface area contributed by atoms with Gasteiger partial charge in [-0.3, -0.25) is 4.79 Å². The van der Waals surface area contributed by atoms with Crippen molar-refractivity contribution < 1.29 is 13.7 Å². The van der Waals surface area contributed by atoms with E-state index in [0.717, 1.165) is 0 Å². The summed E-state index contributed by atoms with van der Waals surface area (Å²) in [5.74, 6) is -1.21. The molecule has 0 atom stereocenters. The molecule has 76 valence electrons. The van der Waals surface area contributed by atoms with Crippen LogP contribution < -0.4 is 5.73 Å². The standard InChI is InChI=1S/C9H6FN3O2/c10-6-3-1-5(2-4-6)9-12-8(7(11)14)13-15-9/h1-4H,(H2,11,14). The summed E-state index contributed by atoms with van der Waals surface area (Å²) in [6.45, 7) is 0. The Morgan fingerprint density at radius 2 is 2.00 bits per heavy atom. The van der Waals surface area contributed by atoms with E-state index in [9.17, 15) is 9.18 Å². The molecule has 2 aromatic rings. The molecule has 0 saturated carbocycles. The van der Waals surface area contributed by atoms with Crippen LogP contribution in [-0.2, 0) is 0 Å². The molecule has 2 rings (SSSR count). The lowest BCUT2D eigenvalue weighted by Gasteiger charge is -1.91. The minimum absolute atomic E-state index is 0.129. The Kier molecular flexibility index (Phi) is 2.17. The summed E-state index contributed by atoms with van der Waals surface area (Å²) in [5, 5.41) is 3.36. The Hall–Kier alpha value is -2.24. The summed E-state index contributed by atoms with van der Waals surface area (Å²) in [6.07, 6.45) is 0. The van der Waals surface area contributed by atoms with Gasteiger partial charge in [0.25, 0.3) is 17.6 Å². The first kappa shape index (κ1) is 9.32. The molecule has 0 aliphatic rings. The summed E-state index contributed by atoms with van der Waals surface area (Å²) >= 11 is 0. The lowest BCUT2D eigenvalue weighted by atomic mass is 10.2. The maximum atomic E-state index is 12.6. The van der Waals surface area contributed by atoms with Crippen molar-refractivity contribution in [1.29, 1.82) is 0 Å². The van der Waals surface area contributed by atoms with Crippen LogP contribution in [0.15, 0.2) is 28.8 Å². The van der Waals surface area contributed by atoms with Crippen LogP contribution in [0.2, 0.25) is 0 Å². The summed E-state index contributed by atoms with van der Waals surface area (Å²) in [6, 6.07) is 5.44. The lowest BCUT2D eigenvalue weighted by molar-refractivity contribution is 0.0987. The highest BCUT2D eigenvalue weighted by Gasteiger charge is 2.12. The van der Waals surface area contributed by atoms with Gasteiger partial charge in [0.2, 0.25) is 0 Å². The van der Waals surface area contributed by atoms with Gasteiger partial charge in [0.05, 0.1) is 0 Å². The second-order valence-corrected chi connectivity index (χ2v) is 2.79. The van der Waals surface area contributed by atoms with Gasteiger partial charge in [0.15, 0.2) is 0 Å². The number of primary amides is 1. The van der Waals surface area contributed by atoms with Crippen molar-refractivity contribution in [2.24, 2.45) is 5.73 Å². The van der Waals surface area contributed by atoms with E-state index in [-0.39, 0.29) is 17.5 Å². The molecule has 1 amide bonds. The van der Waals surface area contributed by atoms with E-state index in [0.29, 0.717) is 5.56 Å². The molecule has 0 saturated heterocycles. The molecule has 0 fully saturated rings. The minimum Gasteiger partial charge on any atom is -0.363 e. The van der Waals surface area contributed by atoms with Crippen LogP contribution in [-0.4, -0.2) is 16.0 Å². The third kappa shape index (κ3) is 1.83. The van der Waals surface area contributed by atoms with Gasteiger partial charge >= 0.3 is 0 Å². The second kappa shape index (κ2) is 3.49. The van der Waals surface area contributed by atoms with Crippen molar-refractivity contribution in [1.82, 2.24) is 10.1 Å². The van der Waals surface area contributed by atoms with Crippen LogP contribution in [0.3, 0.4) is 0 Å². The molecule has 1 aromatic carbocycles. The van der Waals surface area contributed by atoms with Crippen molar-refractivity contribution in [3.05, 3.63) is 35.9 Å². The molecule has 1 heterocycles. The fraction of sp³-hybridized carbons (Fsp3) is 0. The third-order valence-electron chi connectivity index (χ3n) is 1.74. The van der Waals surface area contributed by atoms with E-state index < -0.39 is 5.91 Å². The van der Waals surface area contributed by atoms with Crippen LogP contribution in [0.25, 0.3) is 11.5 Å². The van der Waals surface area contributed by atoms with E-state index in [1.54, 1.807) is 0 Å². The number of benzene rings is 1. The molecule has 0 aliphatic heterocycles. The largest absolute Gasteiger partial charge is 0.363 e. The zero-order valence-electron chi connectivity index (χ0n) is 7.48. The van der Waals surface area contributed by atoms with Crippen LogP contribution in [0, 0.1) is 5.82 Å². The van der Waals surface area contributed by atoms with Crippen molar-refractivity contribution in [2.75, 3.05) is 0 Å². The number of nitrogens with two attached hydrogens (primary N) is 1. The van der Waals surface area contributed by atoms with Gasteiger partial charge in [-0.2, -0.15) is 4.98 Å². The number of amides is 1. The fourth-order valence-corrected chi connectivity index (χ4v) is 1.03. The van der Waals surface area contributed by atoms with Crippen molar-refractivity contribution in [3.8, 4) is 11.5 Å². The first-order valence-electron chi connectivity index (χ1n) is 4.06. The van der Waals surface area contributed by atoms with Gasteiger partial charge in [-0.05, 0) is 24.3 Å². The van der Waals surface area contributed by atoms with Crippen molar-refractivity contribution in [3.63, 3.8) is 0 Å². The average molecular weight is 207 g/mol. The molecule has 0 unspecified atom stereocenters. The average Bonchev–Trinajstić information content (AvgIpc) is 2.68.